The van der Waals surface area contributed by atoms with Gasteiger partial charge in [-0.15, -0.1) is 0 Å². The molecule has 102 valence electrons. The molecule has 0 atom stereocenters. The minimum Gasteiger partial charge on any atom is -0.383 e. The van der Waals surface area contributed by atoms with Crippen molar-refractivity contribution in [3.8, 4) is 11.4 Å². The number of benzene rings is 2. The Hall–Kier alpha value is -2.20. The number of nitrogens with zero attached hydrogens (tertiary/aromatic N) is 2. The van der Waals surface area contributed by atoms with Crippen LogP contribution in [-0.4, -0.2) is 23.3 Å². The van der Waals surface area contributed by atoms with Crippen molar-refractivity contribution in [3.63, 3.8) is 0 Å². The lowest BCUT2D eigenvalue weighted by molar-refractivity contribution is 0.188. The zero-order chi connectivity index (χ0) is 13.9. The zero-order valence-electron chi connectivity index (χ0n) is 11.2. The number of ether oxygens (including phenoxy) is 1. The Morgan fingerprint density at radius 2 is 1.85 bits per heavy atom. The molecular weight excluding hydrogens is 255 g/mol. The van der Waals surface area contributed by atoms with Gasteiger partial charge in [-0.2, -0.15) is 0 Å². The van der Waals surface area contributed by atoms with E-state index >= 15 is 0 Å². The Bertz CT molecular complexity index is 719. The summed E-state index contributed by atoms with van der Waals surface area (Å²) in [5.74, 6) is 0.594. The standard InChI is InChI=1S/C16H15FN2O/c1-20-11-10-19-15-5-3-2-4-14(15)18-16(19)12-6-8-13(17)9-7-12/h2-9H,10-11H2,1H3. The lowest BCUT2D eigenvalue weighted by Gasteiger charge is -2.08. The topological polar surface area (TPSA) is 27.1 Å². The summed E-state index contributed by atoms with van der Waals surface area (Å²) in [6, 6.07) is 14.4. The predicted octanol–water partition coefficient (Wildman–Crippen LogP) is 3.49. The summed E-state index contributed by atoms with van der Waals surface area (Å²) in [7, 11) is 1.68. The van der Waals surface area contributed by atoms with Gasteiger partial charge in [-0.05, 0) is 36.4 Å². The second kappa shape index (κ2) is 5.43. The fourth-order valence-electron chi connectivity index (χ4n) is 2.30. The number of para-hydroxylation sites is 2. The Labute approximate surface area is 116 Å². The highest BCUT2D eigenvalue weighted by atomic mass is 19.1. The van der Waals surface area contributed by atoms with Crippen molar-refractivity contribution in [1.29, 1.82) is 0 Å². The Morgan fingerprint density at radius 3 is 2.60 bits per heavy atom. The Morgan fingerprint density at radius 1 is 1.10 bits per heavy atom. The van der Waals surface area contributed by atoms with Crippen LogP contribution in [0.25, 0.3) is 22.4 Å². The van der Waals surface area contributed by atoms with Gasteiger partial charge in [0.15, 0.2) is 0 Å². The first-order chi connectivity index (χ1) is 9.79. The summed E-state index contributed by atoms with van der Waals surface area (Å²) in [6.45, 7) is 1.32. The molecule has 2 aromatic carbocycles. The van der Waals surface area contributed by atoms with Crippen LogP contribution in [0.3, 0.4) is 0 Å². The summed E-state index contributed by atoms with van der Waals surface area (Å²) < 4.78 is 20.3. The molecule has 0 N–H and O–H groups in total. The van der Waals surface area contributed by atoms with Crippen molar-refractivity contribution in [3.05, 3.63) is 54.3 Å². The predicted molar refractivity (Wildman–Crippen MR) is 77.0 cm³/mol. The Kier molecular flexibility index (Phi) is 3.48. The third-order valence-corrected chi connectivity index (χ3v) is 3.28. The van der Waals surface area contributed by atoms with Crippen LogP contribution >= 0.6 is 0 Å². The summed E-state index contributed by atoms with van der Waals surface area (Å²) in [5.41, 5.74) is 2.89. The summed E-state index contributed by atoms with van der Waals surface area (Å²) in [5, 5.41) is 0. The molecule has 0 saturated carbocycles. The molecule has 0 bridgehead atoms. The van der Waals surface area contributed by atoms with Crippen molar-refractivity contribution in [2.24, 2.45) is 0 Å². The molecular formula is C16H15FN2O. The molecule has 0 aliphatic rings. The molecule has 0 aliphatic heterocycles. The minimum atomic E-state index is -0.242. The smallest absolute Gasteiger partial charge is 0.141 e. The summed E-state index contributed by atoms with van der Waals surface area (Å²) in [6.07, 6.45) is 0. The normalized spacial score (nSPS) is 11.1. The number of methoxy groups -OCH3 is 1. The van der Waals surface area contributed by atoms with Gasteiger partial charge in [-0.25, -0.2) is 9.37 Å². The van der Waals surface area contributed by atoms with E-state index in [1.54, 1.807) is 19.2 Å². The highest BCUT2D eigenvalue weighted by Crippen LogP contribution is 2.24. The second-order valence-electron chi connectivity index (χ2n) is 4.58. The number of hydrogen-bond acceptors (Lipinski definition) is 2. The quantitative estimate of drug-likeness (QED) is 0.725. The van der Waals surface area contributed by atoms with Gasteiger partial charge in [0.1, 0.15) is 11.6 Å². The van der Waals surface area contributed by atoms with E-state index in [4.69, 9.17) is 4.74 Å². The molecule has 0 unspecified atom stereocenters. The first kappa shape index (κ1) is 12.8. The first-order valence-electron chi connectivity index (χ1n) is 6.50. The van der Waals surface area contributed by atoms with Crippen LogP contribution in [0.15, 0.2) is 48.5 Å². The molecule has 3 nitrogen and oxygen atoms in total. The van der Waals surface area contributed by atoms with Crippen LogP contribution in [0.5, 0.6) is 0 Å². The number of fused-ring (bicyclic) bond motifs is 1. The van der Waals surface area contributed by atoms with Crippen LogP contribution < -0.4 is 0 Å². The monoisotopic (exact) mass is 270 g/mol. The van der Waals surface area contributed by atoms with E-state index < -0.39 is 0 Å². The fourth-order valence-corrected chi connectivity index (χ4v) is 2.30. The SMILES string of the molecule is COCCn1c(-c2ccc(F)cc2)nc2ccccc21. The largest absolute Gasteiger partial charge is 0.383 e. The third kappa shape index (κ3) is 2.30. The number of halogens is 1. The van der Waals surface area contributed by atoms with Crippen molar-refractivity contribution < 1.29 is 9.13 Å². The van der Waals surface area contributed by atoms with Crippen LogP contribution in [-0.2, 0) is 11.3 Å². The number of aromatic nitrogens is 2. The van der Waals surface area contributed by atoms with Crippen molar-refractivity contribution >= 4 is 11.0 Å². The van der Waals surface area contributed by atoms with Gasteiger partial charge in [-0.1, -0.05) is 12.1 Å². The highest BCUT2D eigenvalue weighted by Gasteiger charge is 2.11. The van der Waals surface area contributed by atoms with Gasteiger partial charge < -0.3 is 9.30 Å². The van der Waals surface area contributed by atoms with Crippen LogP contribution in [0.1, 0.15) is 0 Å². The van der Waals surface area contributed by atoms with E-state index in [1.807, 2.05) is 24.3 Å². The van der Waals surface area contributed by atoms with Gasteiger partial charge in [0.25, 0.3) is 0 Å². The molecule has 4 heteroatoms. The van der Waals surface area contributed by atoms with Gasteiger partial charge >= 0.3 is 0 Å². The second-order valence-corrected chi connectivity index (χ2v) is 4.58. The molecule has 0 fully saturated rings. The maximum Gasteiger partial charge on any atom is 0.141 e. The van der Waals surface area contributed by atoms with E-state index in [9.17, 15) is 4.39 Å². The van der Waals surface area contributed by atoms with E-state index in [0.29, 0.717) is 13.2 Å². The van der Waals surface area contributed by atoms with Crippen LogP contribution in [0.2, 0.25) is 0 Å². The number of rotatable bonds is 4. The van der Waals surface area contributed by atoms with E-state index in [1.165, 1.54) is 12.1 Å². The molecule has 0 spiro atoms. The summed E-state index contributed by atoms with van der Waals surface area (Å²) >= 11 is 0. The molecule has 0 aliphatic carbocycles. The van der Waals surface area contributed by atoms with E-state index in [0.717, 1.165) is 22.4 Å². The number of imidazole rings is 1. The zero-order valence-corrected chi connectivity index (χ0v) is 11.2. The molecule has 3 rings (SSSR count). The molecule has 1 aromatic heterocycles. The Balaban J connectivity index is 2.15. The van der Waals surface area contributed by atoms with Gasteiger partial charge in [-0.3, -0.25) is 0 Å². The highest BCUT2D eigenvalue weighted by molar-refractivity contribution is 5.80. The van der Waals surface area contributed by atoms with Crippen molar-refractivity contribution in [1.82, 2.24) is 9.55 Å². The average molecular weight is 270 g/mol. The molecule has 1 heterocycles. The lowest BCUT2D eigenvalue weighted by atomic mass is 10.2. The van der Waals surface area contributed by atoms with Gasteiger partial charge in [0, 0.05) is 19.2 Å². The maximum absolute atomic E-state index is 13.1. The first-order valence-corrected chi connectivity index (χ1v) is 6.50. The lowest BCUT2D eigenvalue weighted by Crippen LogP contribution is -2.05. The molecule has 0 amide bonds. The third-order valence-electron chi connectivity index (χ3n) is 3.28. The average Bonchev–Trinajstić information content (AvgIpc) is 2.84. The van der Waals surface area contributed by atoms with Gasteiger partial charge in [0.2, 0.25) is 0 Å². The van der Waals surface area contributed by atoms with E-state index in [-0.39, 0.29) is 5.82 Å². The summed E-state index contributed by atoms with van der Waals surface area (Å²) in [4.78, 5) is 4.65. The number of hydrogen-bond donors (Lipinski definition) is 0. The minimum absolute atomic E-state index is 0.242. The van der Waals surface area contributed by atoms with Crippen LogP contribution in [0.4, 0.5) is 4.39 Å². The fraction of sp³-hybridized carbons (Fsp3) is 0.188. The molecule has 0 radical (unpaired) electrons. The van der Waals surface area contributed by atoms with Crippen LogP contribution in [0, 0.1) is 5.82 Å². The van der Waals surface area contributed by atoms with Crippen molar-refractivity contribution in [2.75, 3.05) is 13.7 Å². The van der Waals surface area contributed by atoms with E-state index in [2.05, 4.69) is 9.55 Å². The molecule has 0 saturated heterocycles. The molecule has 3 aromatic rings. The van der Waals surface area contributed by atoms with Gasteiger partial charge in [0.05, 0.1) is 17.6 Å². The van der Waals surface area contributed by atoms with Crippen molar-refractivity contribution in [2.45, 2.75) is 6.54 Å². The molecule has 20 heavy (non-hydrogen) atoms. The maximum atomic E-state index is 13.1.